The van der Waals surface area contributed by atoms with Gasteiger partial charge in [0, 0.05) is 34.1 Å². The molecule has 1 atom stereocenters. The van der Waals surface area contributed by atoms with Crippen molar-refractivity contribution in [1.29, 1.82) is 16.1 Å². The van der Waals surface area contributed by atoms with Crippen molar-refractivity contribution < 1.29 is 13.2 Å². The molecule has 0 bridgehead atoms. The van der Waals surface area contributed by atoms with Crippen LogP contribution < -0.4 is 11.5 Å². The Morgan fingerprint density at radius 1 is 1.31 bits per heavy atom. The van der Waals surface area contributed by atoms with Crippen molar-refractivity contribution in [2.24, 2.45) is 11.7 Å². The highest BCUT2D eigenvalue weighted by Crippen LogP contribution is 2.39. The summed E-state index contributed by atoms with van der Waals surface area (Å²) < 4.78 is 39.7. The molecule has 1 aliphatic carbocycles. The fourth-order valence-corrected chi connectivity index (χ4v) is 3.82. The summed E-state index contributed by atoms with van der Waals surface area (Å²) in [6, 6.07) is 5.31. The van der Waals surface area contributed by atoms with Crippen LogP contribution in [0.2, 0.25) is 0 Å². The van der Waals surface area contributed by atoms with Gasteiger partial charge < -0.3 is 16.9 Å². The third-order valence-electron chi connectivity index (χ3n) is 5.13. The number of rotatable bonds is 3. The lowest BCUT2D eigenvalue weighted by Crippen LogP contribution is -2.26. The van der Waals surface area contributed by atoms with Gasteiger partial charge in [-0.05, 0) is 49.4 Å². The number of pyridine rings is 1. The van der Waals surface area contributed by atoms with Gasteiger partial charge in [0.2, 0.25) is 0 Å². The van der Waals surface area contributed by atoms with Gasteiger partial charge in [0.25, 0.3) is 0 Å². The molecule has 1 unspecified atom stereocenters. The maximum atomic E-state index is 13.2. The smallest absolute Gasteiger partial charge is 0.404 e. The van der Waals surface area contributed by atoms with Crippen molar-refractivity contribution in [1.82, 2.24) is 4.98 Å². The number of nitrogen functional groups attached to an aromatic ring is 1. The van der Waals surface area contributed by atoms with Gasteiger partial charge in [0.15, 0.2) is 0 Å². The second-order valence-electron chi connectivity index (χ2n) is 6.99. The third kappa shape index (κ3) is 3.42. The highest BCUT2D eigenvalue weighted by molar-refractivity contribution is 6.25. The fraction of sp³-hybridized carbons (Fsp3) is 0.300. The number of halogens is 3. The number of hydrogen-bond acceptors (Lipinski definition) is 6. The molecule has 2 aromatic rings. The van der Waals surface area contributed by atoms with Crippen molar-refractivity contribution in [2.75, 3.05) is 5.73 Å². The summed E-state index contributed by atoms with van der Waals surface area (Å²) in [4.78, 5) is 4.40. The van der Waals surface area contributed by atoms with E-state index in [4.69, 9.17) is 22.3 Å². The molecule has 3 rings (SSSR count). The standard InChI is InChI=1S/C20H19F3N6/c1-9(26)16-14(27)4-5-15-17(16)11-3-2-10(7-24)6-12(11)18(29-15)13(8-25)19(28)20(21,22)23/h4-5,8,10,26,28H,2-3,6,25,27H2,1H3/b13-8-,26-9?,28-19?. The van der Waals surface area contributed by atoms with Gasteiger partial charge in [0.1, 0.15) is 5.71 Å². The minimum atomic E-state index is -4.89. The van der Waals surface area contributed by atoms with Crippen LogP contribution in [-0.2, 0) is 12.8 Å². The van der Waals surface area contributed by atoms with Crippen LogP contribution in [-0.4, -0.2) is 22.6 Å². The van der Waals surface area contributed by atoms with Crippen LogP contribution in [0.5, 0.6) is 0 Å². The SMILES string of the molecule is CC(=N)c1c(N)ccc2nc(/C(=C/N)C(=N)C(F)(F)F)c3c(c12)CCC(C#N)C3. The predicted molar refractivity (Wildman–Crippen MR) is 106 cm³/mol. The van der Waals surface area contributed by atoms with Crippen molar-refractivity contribution >= 4 is 33.6 Å². The molecule has 1 aromatic carbocycles. The van der Waals surface area contributed by atoms with Gasteiger partial charge in [-0.1, -0.05) is 0 Å². The first-order valence-corrected chi connectivity index (χ1v) is 8.87. The Balaban J connectivity index is 2.41. The van der Waals surface area contributed by atoms with Crippen LogP contribution >= 0.6 is 0 Å². The molecule has 0 saturated heterocycles. The van der Waals surface area contributed by atoms with E-state index in [1.165, 1.54) is 0 Å². The van der Waals surface area contributed by atoms with Crippen LogP contribution in [0.15, 0.2) is 18.3 Å². The molecule has 0 spiro atoms. The summed E-state index contributed by atoms with van der Waals surface area (Å²) in [5, 5.41) is 25.6. The highest BCUT2D eigenvalue weighted by atomic mass is 19.4. The van der Waals surface area contributed by atoms with E-state index in [9.17, 15) is 18.4 Å². The van der Waals surface area contributed by atoms with Crippen molar-refractivity contribution in [3.63, 3.8) is 0 Å². The minimum absolute atomic E-state index is 0.0457. The Hall–Kier alpha value is -3.41. The number of nitrogens with two attached hydrogens (primary N) is 2. The largest absolute Gasteiger partial charge is 0.433 e. The monoisotopic (exact) mass is 400 g/mol. The molecule has 6 nitrogen and oxygen atoms in total. The summed E-state index contributed by atoms with van der Waals surface area (Å²) in [7, 11) is 0. The van der Waals surface area contributed by atoms with Crippen LogP contribution in [0.3, 0.4) is 0 Å². The Kier molecular flexibility index (Phi) is 5.05. The Labute approximate surface area is 165 Å². The van der Waals surface area contributed by atoms with Gasteiger partial charge in [-0.15, -0.1) is 0 Å². The predicted octanol–water partition coefficient (Wildman–Crippen LogP) is 3.71. The van der Waals surface area contributed by atoms with E-state index in [1.807, 2.05) is 0 Å². The van der Waals surface area contributed by atoms with Gasteiger partial charge in [-0.2, -0.15) is 18.4 Å². The van der Waals surface area contributed by atoms with E-state index < -0.39 is 17.5 Å². The molecule has 1 aromatic heterocycles. The topological polar surface area (TPSA) is 136 Å². The number of anilines is 1. The molecule has 0 amide bonds. The molecule has 0 aliphatic heterocycles. The number of benzene rings is 1. The molecule has 29 heavy (non-hydrogen) atoms. The van der Waals surface area contributed by atoms with Gasteiger partial charge in [-0.25, -0.2) is 4.98 Å². The van der Waals surface area contributed by atoms with Gasteiger partial charge >= 0.3 is 6.18 Å². The number of fused-ring (bicyclic) bond motifs is 3. The lowest BCUT2D eigenvalue weighted by atomic mass is 9.79. The minimum Gasteiger partial charge on any atom is -0.404 e. The van der Waals surface area contributed by atoms with Crippen LogP contribution in [0.1, 0.15) is 35.7 Å². The van der Waals surface area contributed by atoms with E-state index in [0.717, 1.165) is 6.20 Å². The molecule has 0 saturated carbocycles. The molecule has 0 fully saturated rings. The summed E-state index contributed by atoms with van der Waals surface area (Å²) >= 11 is 0. The van der Waals surface area contributed by atoms with E-state index >= 15 is 0 Å². The molecular formula is C20H19F3N6. The average Bonchev–Trinajstić information content (AvgIpc) is 2.67. The lowest BCUT2D eigenvalue weighted by Gasteiger charge is -2.26. The fourth-order valence-electron chi connectivity index (χ4n) is 3.82. The molecule has 1 heterocycles. The number of nitriles is 1. The maximum absolute atomic E-state index is 13.2. The summed E-state index contributed by atoms with van der Waals surface area (Å²) in [5.74, 6) is -0.384. The number of hydrogen-bond donors (Lipinski definition) is 4. The summed E-state index contributed by atoms with van der Waals surface area (Å²) in [6.45, 7) is 1.58. The van der Waals surface area contributed by atoms with Crippen LogP contribution in [0, 0.1) is 28.1 Å². The highest BCUT2D eigenvalue weighted by Gasteiger charge is 2.39. The molecule has 150 valence electrons. The number of aromatic nitrogens is 1. The zero-order chi connectivity index (χ0) is 21.5. The Morgan fingerprint density at radius 2 is 2.00 bits per heavy atom. The Morgan fingerprint density at radius 3 is 2.55 bits per heavy atom. The average molecular weight is 400 g/mol. The Bertz CT molecular complexity index is 1110. The van der Waals surface area contributed by atoms with Gasteiger partial charge in [-0.3, -0.25) is 5.41 Å². The molecule has 6 N–H and O–H groups in total. The first-order chi connectivity index (χ1) is 13.6. The normalized spacial score (nSPS) is 16.9. The molecule has 1 aliphatic rings. The second kappa shape index (κ2) is 7.20. The van der Waals surface area contributed by atoms with Crippen molar-refractivity contribution in [3.05, 3.63) is 40.7 Å². The number of nitrogens with one attached hydrogen (secondary N) is 2. The number of nitrogens with zero attached hydrogens (tertiary/aromatic N) is 2. The van der Waals surface area contributed by atoms with Crippen molar-refractivity contribution in [3.8, 4) is 6.07 Å². The summed E-state index contributed by atoms with van der Waals surface area (Å²) in [6.07, 6.45) is -3.00. The van der Waals surface area contributed by atoms with E-state index in [-0.39, 0.29) is 23.7 Å². The van der Waals surface area contributed by atoms with Crippen LogP contribution in [0.25, 0.3) is 16.5 Å². The molecule has 9 heteroatoms. The van der Waals surface area contributed by atoms with E-state index in [2.05, 4.69) is 11.1 Å². The lowest BCUT2D eigenvalue weighted by molar-refractivity contribution is -0.0578. The zero-order valence-corrected chi connectivity index (χ0v) is 15.6. The first-order valence-electron chi connectivity index (χ1n) is 8.87. The first kappa shape index (κ1) is 20.3. The van der Waals surface area contributed by atoms with Crippen molar-refractivity contribution in [2.45, 2.75) is 32.4 Å². The van der Waals surface area contributed by atoms with Crippen LogP contribution in [0.4, 0.5) is 18.9 Å². The number of allylic oxidation sites excluding steroid dienone is 1. The number of alkyl halides is 3. The zero-order valence-electron chi connectivity index (χ0n) is 15.6. The van der Waals surface area contributed by atoms with E-state index in [0.29, 0.717) is 46.1 Å². The summed E-state index contributed by atoms with van der Waals surface area (Å²) in [5.41, 5.74) is 12.0. The van der Waals surface area contributed by atoms with Gasteiger partial charge in [0.05, 0.1) is 23.2 Å². The second-order valence-corrected chi connectivity index (χ2v) is 6.99. The maximum Gasteiger partial charge on any atom is 0.433 e. The number of aryl methyl sites for hydroxylation is 1. The third-order valence-corrected chi connectivity index (χ3v) is 5.13. The van der Waals surface area contributed by atoms with E-state index in [1.54, 1.807) is 19.1 Å². The quantitative estimate of drug-likeness (QED) is 0.461. The molecule has 0 radical (unpaired) electrons. The molecular weight excluding hydrogens is 381 g/mol.